The lowest BCUT2D eigenvalue weighted by Gasteiger charge is -2.22. The van der Waals surface area contributed by atoms with Crippen LogP contribution in [0.5, 0.6) is 0 Å². The van der Waals surface area contributed by atoms with Gasteiger partial charge in [0.15, 0.2) is 0 Å². The second kappa shape index (κ2) is 5.28. The molecular weight excluding hydrogens is 302 g/mol. The van der Waals surface area contributed by atoms with Crippen LogP contribution in [0.2, 0.25) is 0 Å². The van der Waals surface area contributed by atoms with E-state index >= 15 is 0 Å². The lowest BCUT2D eigenvalue weighted by Crippen LogP contribution is -2.31. The van der Waals surface area contributed by atoms with Crippen LogP contribution in [0.4, 0.5) is 0 Å². The molecule has 102 valence electrons. The number of halogens is 1. The van der Waals surface area contributed by atoms with Crippen molar-refractivity contribution in [1.29, 1.82) is 0 Å². The van der Waals surface area contributed by atoms with Gasteiger partial charge in [-0.25, -0.2) is 0 Å². The molecule has 0 spiro atoms. The average molecular weight is 322 g/mol. The molecule has 1 aromatic rings. The summed E-state index contributed by atoms with van der Waals surface area (Å²) in [6, 6.07) is 5.83. The summed E-state index contributed by atoms with van der Waals surface area (Å²) in [5.74, 6) is 2.58. The molecule has 0 radical (unpaired) electrons. The Morgan fingerprint density at radius 2 is 2.21 bits per heavy atom. The van der Waals surface area contributed by atoms with Crippen LogP contribution in [0.25, 0.3) is 0 Å². The Labute approximate surface area is 123 Å². The van der Waals surface area contributed by atoms with Gasteiger partial charge in [0.2, 0.25) is 0 Å². The lowest BCUT2D eigenvalue weighted by molar-refractivity contribution is 0.0941. The SMILES string of the molecule is Cc1cccc(C(=O)NCC2CC3CCC2C3)c1Br. The third-order valence-electron chi connectivity index (χ3n) is 4.85. The second-order valence-electron chi connectivity index (χ2n) is 6.08. The summed E-state index contributed by atoms with van der Waals surface area (Å²) in [4.78, 5) is 12.2. The van der Waals surface area contributed by atoms with E-state index in [0.29, 0.717) is 5.92 Å². The molecule has 2 saturated carbocycles. The third-order valence-corrected chi connectivity index (χ3v) is 5.90. The fraction of sp³-hybridized carbons (Fsp3) is 0.562. The molecule has 2 nitrogen and oxygen atoms in total. The molecule has 19 heavy (non-hydrogen) atoms. The second-order valence-corrected chi connectivity index (χ2v) is 6.87. The van der Waals surface area contributed by atoms with Crippen molar-refractivity contribution >= 4 is 21.8 Å². The highest BCUT2D eigenvalue weighted by Crippen LogP contribution is 2.47. The van der Waals surface area contributed by atoms with Gasteiger partial charge in [-0.3, -0.25) is 4.79 Å². The van der Waals surface area contributed by atoms with Gasteiger partial charge in [0, 0.05) is 11.0 Å². The van der Waals surface area contributed by atoms with Crippen molar-refractivity contribution in [2.75, 3.05) is 6.54 Å². The van der Waals surface area contributed by atoms with Crippen molar-refractivity contribution in [2.24, 2.45) is 17.8 Å². The molecule has 2 aliphatic rings. The molecule has 1 N–H and O–H groups in total. The minimum atomic E-state index is 0.0540. The zero-order chi connectivity index (χ0) is 13.4. The van der Waals surface area contributed by atoms with Crippen molar-refractivity contribution in [3.63, 3.8) is 0 Å². The van der Waals surface area contributed by atoms with Gasteiger partial charge in [0.05, 0.1) is 5.56 Å². The first-order valence-corrected chi connectivity index (χ1v) is 7.97. The van der Waals surface area contributed by atoms with Gasteiger partial charge in [-0.1, -0.05) is 18.6 Å². The van der Waals surface area contributed by atoms with E-state index in [1.165, 1.54) is 25.7 Å². The van der Waals surface area contributed by atoms with Crippen molar-refractivity contribution in [3.8, 4) is 0 Å². The number of aryl methyl sites for hydroxylation is 1. The molecule has 3 atom stereocenters. The first kappa shape index (κ1) is 13.2. The van der Waals surface area contributed by atoms with Crippen LogP contribution in [-0.2, 0) is 0 Å². The molecule has 2 aliphatic carbocycles. The molecule has 0 saturated heterocycles. The maximum Gasteiger partial charge on any atom is 0.252 e. The molecule has 1 amide bonds. The Morgan fingerprint density at radius 1 is 1.37 bits per heavy atom. The quantitative estimate of drug-likeness (QED) is 0.898. The zero-order valence-electron chi connectivity index (χ0n) is 11.3. The highest BCUT2D eigenvalue weighted by molar-refractivity contribution is 9.10. The Kier molecular flexibility index (Phi) is 3.66. The number of hydrogen-bond acceptors (Lipinski definition) is 1. The smallest absolute Gasteiger partial charge is 0.252 e. The Morgan fingerprint density at radius 3 is 2.89 bits per heavy atom. The first-order valence-electron chi connectivity index (χ1n) is 7.18. The molecule has 3 heteroatoms. The molecular formula is C16H20BrNO. The molecule has 3 unspecified atom stereocenters. The number of amides is 1. The van der Waals surface area contributed by atoms with Crippen LogP contribution in [0.3, 0.4) is 0 Å². The molecule has 0 heterocycles. The number of hydrogen-bond donors (Lipinski definition) is 1. The number of carbonyl (C=O) groups excluding carboxylic acids is 1. The summed E-state index contributed by atoms with van der Waals surface area (Å²) in [5, 5.41) is 3.12. The van der Waals surface area contributed by atoms with E-state index in [2.05, 4.69) is 21.2 Å². The van der Waals surface area contributed by atoms with E-state index in [1.807, 2.05) is 25.1 Å². The summed E-state index contributed by atoms with van der Waals surface area (Å²) in [6.45, 7) is 2.86. The van der Waals surface area contributed by atoms with E-state index in [-0.39, 0.29) is 5.91 Å². The van der Waals surface area contributed by atoms with Crippen LogP contribution >= 0.6 is 15.9 Å². The van der Waals surface area contributed by atoms with Gasteiger partial charge >= 0.3 is 0 Å². The Balaban J connectivity index is 1.61. The summed E-state index contributed by atoms with van der Waals surface area (Å²) in [7, 11) is 0. The fourth-order valence-corrected chi connectivity index (χ4v) is 4.21. The summed E-state index contributed by atoms with van der Waals surface area (Å²) in [5.41, 5.74) is 1.86. The minimum absolute atomic E-state index is 0.0540. The predicted molar refractivity (Wildman–Crippen MR) is 80.2 cm³/mol. The summed E-state index contributed by atoms with van der Waals surface area (Å²) < 4.78 is 0.917. The fourth-order valence-electron chi connectivity index (χ4n) is 3.77. The predicted octanol–water partition coefficient (Wildman–Crippen LogP) is 3.92. The molecule has 1 aromatic carbocycles. The Bertz CT molecular complexity index is 500. The van der Waals surface area contributed by atoms with Crippen molar-refractivity contribution in [1.82, 2.24) is 5.32 Å². The maximum absolute atomic E-state index is 12.2. The van der Waals surface area contributed by atoms with E-state index in [4.69, 9.17) is 0 Å². The first-order chi connectivity index (χ1) is 9.15. The van der Waals surface area contributed by atoms with E-state index in [0.717, 1.165) is 34.0 Å². The van der Waals surface area contributed by atoms with E-state index in [1.54, 1.807) is 0 Å². The van der Waals surface area contributed by atoms with Gasteiger partial charge in [-0.05, 0) is 71.5 Å². The molecule has 3 rings (SSSR count). The topological polar surface area (TPSA) is 29.1 Å². The molecule has 2 fully saturated rings. The van der Waals surface area contributed by atoms with Crippen LogP contribution in [0.15, 0.2) is 22.7 Å². The van der Waals surface area contributed by atoms with E-state index < -0.39 is 0 Å². The third kappa shape index (κ3) is 2.58. The number of benzene rings is 1. The standard InChI is InChI=1S/C16H20BrNO/c1-10-3-2-4-14(15(10)17)16(19)18-9-13-8-11-5-6-12(13)7-11/h2-4,11-13H,5-9H2,1H3,(H,18,19). The van der Waals surface area contributed by atoms with E-state index in [9.17, 15) is 4.79 Å². The number of carbonyl (C=O) groups is 1. The van der Waals surface area contributed by atoms with Crippen molar-refractivity contribution in [3.05, 3.63) is 33.8 Å². The summed E-state index contributed by atoms with van der Waals surface area (Å²) in [6.07, 6.45) is 5.51. The minimum Gasteiger partial charge on any atom is -0.352 e. The van der Waals surface area contributed by atoms with Crippen LogP contribution in [-0.4, -0.2) is 12.5 Å². The summed E-state index contributed by atoms with van der Waals surface area (Å²) >= 11 is 3.51. The molecule has 0 aliphatic heterocycles. The average Bonchev–Trinajstić information content (AvgIpc) is 3.01. The van der Waals surface area contributed by atoms with Crippen molar-refractivity contribution in [2.45, 2.75) is 32.6 Å². The largest absolute Gasteiger partial charge is 0.352 e. The van der Waals surface area contributed by atoms with Gasteiger partial charge < -0.3 is 5.32 Å². The van der Waals surface area contributed by atoms with Crippen molar-refractivity contribution < 1.29 is 4.79 Å². The molecule has 2 bridgehead atoms. The van der Waals surface area contributed by atoms with Crippen LogP contribution < -0.4 is 5.32 Å². The van der Waals surface area contributed by atoms with Crippen LogP contribution in [0.1, 0.15) is 41.6 Å². The normalized spacial score (nSPS) is 28.6. The zero-order valence-corrected chi connectivity index (χ0v) is 12.9. The van der Waals surface area contributed by atoms with Gasteiger partial charge in [-0.2, -0.15) is 0 Å². The number of nitrogens with one attached hydrogen (secondary N) is 1. The number of rotatable bonds is 3. The highest BCUT2D eigenvalue weighted by atomic mass is 79.9. The maximum atomic E-state index is 12.2. The monoisotopic (exact) mass is 321 g/mol. The highest BCUT2D eigenvalue weighted by Gasteiger charge is 2.39. The van der Waals surface area contributed by atoms with Gasteiger partial charge in [0.25, 0.3) is 5.91 Å². The number of fused-ring (bicyclic) bond motifs is 2. The Hall–Kier alpha value is -0.830. The van der Waals surface area contributed by atoms with Gasteiger partial charge in [0.1, 0.15) is 0 Å². The lowest BCUT2D eigenvalue weighted by atomic mass is 9.89. The molecule has 0 aromatic heterocycles. The van der Waals surface area contributed by atoms with Crippen LogP contribution in [0, 0.1) is 24.7 Å². The van der Waals surface area contributed by atoms with Gasteiger partial charge in [-0.15, -0.1) is 0 Å².